The maximum atomic E-state index is 12.9. The monoisotopic (exact) mass is 487 g/mol. The first-order valence-corrected chi connectivity index (χ1v) is 13.9. The van der Waals surface area contributed by atoms with E-state index in [9.17, 15) is 13.2 Å². The Balaban J connectivity index is 1.35. The van der Waals surface area contributed by atoms with Gasteiger partial charge in [-0.05, 0) is 50.3 Å². The van der Waals surface area contributed by atoms with Gasteiger partial charge >= 0.3 is 0 Å². The van der Waals surface area contributed by atoms with Crippen molar-refractivity contribution in [1.29, 1.82) is 0 Å². The average molecular weight is 488 g/mol. The van der Waals surface area contributed by atoms with Crippen LogP contribution >= 0.6 is 23.1 Å². The zero-order valence-electron chi connectivity index (χ0n) is 17.9. The van der Waals surface area contributed by atoms with Crippen LogP contribution in [-0.4, -0.2) is 43.0 Å². The van der Waals surface area contributed by atoms with Crippen LogP contribution < -0.4 is 5.32 Å². The van der Waals surface area contributed by atoms with Crippen LogP contribution in [0.1, 0.15) is 18.4 Å². The van der Waals surface area contributed by atoms with Gasteiger partial charge < -0.3 is 5.32 Å². The molecule has 0 radical (unpaired) electrons. The van der Waals surface area contributed by atoms with E-state index in [2.05, 4.69) is 10.3 Å². The molecular weight excluding hydrogens is 462 g/mol. The zero-order valence-corrected chi connectivity index (χ0v) is 20.4. The minimum Gasteiger partial charge on any atom is -0.302 e. The van der Waals surface area contributed by atoms with Gasteiger partial charge in [0.15, 0.2) is 5.13 Å². The van der Waals surface area contributed by atoms with Gasteiger partial charge in [-0.1, -0.05) is 29.8 Å². The van der Waals surface area contributed by atoms with Gasteiger partial charge in [0, 0.05) is 34.8 Å². The second-order valence-corrected chi connectivity index (χ2v) is 11.4. The Kier molecular flexibility index (Phi) is 6.99. The number of amides is 1. The van der Waals surface area contributed by atoms with E-state index in [4.69, 9.17) is 0 Å². The molecule has 168 valence electrons. The van der Waals surface area contributed by atoms with E-state index in [1.807, 2.05) is 55.0 Å². The number of sulfonamides is 1. The smallest absolute Gasteiger partial charge is 0.243 e. The molecule has 1 N–H and O–H groups in total. The van der Waals surface area contributed by atoms with Crippen LogP contribution in [0.15, 0.2) is 63.7 Å². The highest BCUT2D eigenvalue weighted by Gasteiger charge is 2.32. The van der Waals surface area contributed by atoms with Gasteiger partial charge in [-0.2, -0.15) is 4.31 Å². The molecule has 32 heavy (non-hydrogen) atoms. The molecule has 9 heteroatoms. The molecule has 6 nitrogen and oxygen atoms in total. The van der Waals surface area contributed by atoms with Crippen molar-refractivity contribution in [2.24, 2.45) is 5.92 Å². The van der Waals surface area contributed by atoms with Crippen molar-refractivity contribution in [2.45, 2.75) is 29.6 Å². The Bertz CT molecular complexity index is 1180. The lowest BCUT2D eigenvalue weighted by Gasteiger charge is -2.30. The summed E-state index contributed by atoms with van der Waals surface area (Å²) >= 11 is 2.97. The number of hydrogen-bond acceptors (Lipinski definition) is 6. The number of hydrogen-bond donors (Lipinski definition) is 1. The number of thiazole rings is 1. The number of benzene rings is 2. The van der Waals surface area contributed by atoms with Crippen LogP contribution in [-0.2, 0) is 14.8 Å². The minimum absolute atomic E-state index is 0.101. The number of aromatic nitrogens is 1. The van der Waals surface area contributed by atoms with Crippen LogP contribution in [0.25, 0.3) is 11.3 Å². The molecule has 0 unspecified atom stereocenters. The number of thioether (sulfide) groups is 1. The van der Waals surface area contributed by atoms with Crippen molar-refractivity contribution in [2.75, 3.05) is 24.7 Å². The predicted molar refractivity (Wildman–Crippen MR) is 131 cm³/mol. The molecule has 0 atom stereocenters. The Morgan fingerprint density at radius 1 is 1.09 bits per heavy atom. The van der Waals surface area contributed by atoms with Crippen LogP contribution in [0.3, 0.4) is 0 Å². The molecule has 3 aromatic rings. The Morgan fingerprint density at radius 3 is 2.38 bits per heavy atom. The van der Waals surface area contributed by atoms with E-state index in [0.717, 1.165) is 16.2 Å². The first-order valence-electron chi connectivity index (χ1n) is 10.3. The summed E-state index contributed by atoms with van der Waals surface area (Å²) in [7, 11) is -3.54. The zero-order chi connectivity index (χ0) is 22.7. The SMILES string of the molecule is CSc1ccc(S(=O)(=O)N2CCC(C(=O)Nc3nc(-c4ccc(C)cc4)cs3)CC2)cc1. The van der Waals surface area contributed by atoms with Gasteiger partial charge in [0.25, 0.3) is 0 Å². The highest BCUT2D eigenvalue weighted by Crippen LogP contribution is 2.28. The van der Waals surface area contributed by atoms with E-state index >= 15 is 0 Å². The molecule has 1 aromatic heterocycles. The van der Waals surface area contributed by atoms with Gasteiger partial charge in [0.2, 0.25) is 15.9 Å². The Hall–Kier alpha value is -2.20. The van der Waals surface area contributed by atoms with Crippen LogP contribution in [0.4, 0.5) is 5.13 Å². The summed E-state index contributed by atoms with van der Waals surface area (Å²) in [5, 5.41) is 5.40. The van der Waals surface area contributed by atoms with E-state index in [1.165, 1.54) is 21.2 Å². The molecule has 1 fully saturated rings. The fourth-order valence-electron chi connectivity index (χ4n) is 3.65. The Labute approximate surface area is 197 Å². The van der Waals surface area contributed by atoms with Crippen molar-refractivity contribution in [3.05, 3.63) is 59.5 Å². The van der Waals surface area contributed by atoms with Crippen molar-refractivity contribution in [3.8, 4) is 11.3 Å². The van der Waals surface area contributed by atoms with Crippen molar-refractivity contribution in [3.63, 3.8) is 0 Å². The highest BCUT2D eigenvalue weighted by molar-refractivity contribution is 7.98. The van der Waals surface area contributed by atoms with Gasteiger partial charge in [-0.25, -0.2) is 13.4 Å². The minimum atomic E-state index is -3.54. The molecular formula is C23H25N3O3S3. The average Bonchev–Trinajstić information content (AvgIpc) is 3.28. The van der Waals surface area contributed by atoms with Gasteiger partial charge in [-0.3, -0.25) is 4.79 Å². The molecule has 1 saturated heterocycles. The number of aryl methyl sites for hydroxylation is 1. The van der Waals surface area contributed by atoms with E-state index in [0.29, 0.717) is 36.0 Å². The lowest BCUT2D eigenvalue weighted by atomic mass is 9.97. The van der Waals surface area contributed by atoms with Crippen LogP contribution in [0, 0.1) is 12.8 Å². The number of nitrogens with zero attached hydrogens (tertiary/aromatic N) is 2. The molecule has 0 bridgehead atoms. The van der Waals surface area contributed by atoms with Gasteiger partial charge in [0.05, 0.1) is 10.6 Å². The molecule has 0 saturated carbocycles. The lowest BCUT2D eigenvalue weighted by Crippen LogP contribution is -2.41. The molecule has 0 aliphatic carbocycles. The molecule has 2 aromatic carbocycles. The second-order valence-electron chi connectivity index (χ2n) is 7.75. The first kappa shape index (κ1) is 23.0. The highest BCUT2D eigenvalue weighted by atomic mass is 32.2. The van der Waals surface area contributed by atoms with E-state index < -0.39 is 10.0 Å². The van der Waals surface area contributed by atoms with Crippen LogP contribution in [0.5, 0.6) is 0 Å². The normalized spacial score (nSPS) is 15.6. The van der Waals surface area contributed by atoms with Gasteiger partial charge in [-0.15, -0.1) is 23.1 Å². The summed E-state index contributed by atoms with van der Waals surface area (Å²) in [6.07, 6.45) is 2.93. The predicted octanol–water partition coefficient (Wildman–Crippen LogP) is 4.88. The molecule has 2 heterocycles. The van der Waals surface area contributed by atoms with E-state index in [1.54, 1.807) is 23.9 Å². The topological polar surface area (TPSA) is 79.4 Å². The maximum Gasteiger partial charge on any atom is 0.243 e. The van der Waals surface area contributed by atoms with Crippen molar-refractivity contribution >= 4 is 44.2 Å². The summed E-state index contributed by atoms with van der Waals surface area (Å²) in [4.78, 5) is 18.6. The molecule has 1 aliphatic rings. The summed E-state index contributed by atoms with van der Waals surface area (Å²) in [6, 6.07) is 15.0. The summed E-state index contributed by atoms with van der Waals surface area (Å²) < 4.78 is 27.3. The van der Waals surface area contributed by atoms with Crippen LogP contribution in [0.2, 0.25) is 0 Å². The number of carbonyl (C=O) groups is 1. The number of rotatable bonds is 6. The summed E-state index contributed by atoms with van der Waals surface area (Å²) in [5.74, 6) is -0.330. The number of nitrogens with one attached hydrogen (secondary N) is 1. The third-order valence-corrected chi connectivity index (χ3v) is 9.02. The Morgan fingerprint density at radius 2 is 1.75 bits per heavy atom. The molecule has 1 amide bonds. The maximum absolute atomic E-state index is 12.9. The second kappa shape index (κ2) is 9.74. The standard InChI is InChI=1S/C23H25N3O3S3/c1-16-3-5-17(6-4-16)21-15-31-23(24-21)25-22(27)18-11-13-26(14-12-18)32(28,29)20-9-7-19(30-2)8-10-20/h3-10,15,18H,11-14H2,1-2H3,(H,24,25,27). The van der Waals surface area contributed by atoms with E-state index in [-0.39, 0.29) is 11.8 Å². The largest absolute Gasteiger partial charge is 0.302 e. The summed E-state index contributed by atoms with van der Waals surface area (Å²) in [6.45, 7) is 2.70. The molecule has 4 rings (SSSR count). The first-order chi connectivity index (χ1) is 15.4. The third-order valence-electron chi connectivity index (χ3n) is 5.60. The summed E-state index contributed by atoms with van der Waals surface area (Å²) in [5.41, 5.74) is 3.03. The quantitative estimate of drug-likeness (QED) is 0.501. The number of carbonyl (C=O) groups excluding carboxylic acids is 1. The fourth-order valence-corrected chi connectivity index (χ4v) is 6.25. The number of piperidine rings is 1. The van der Waals surface area contributed by atoms with Gasteiger partial charge in [0.1, 0.15) is 0 Å². The molecule has 1 aliphatic heterocycles. The lowest BCUT2D eigenvalue weighted by molar-refractivity contribution is -0.120. The fraction of sp³-hybridized carbons (Fsp3) is 0.304. The molecule has 0 spiro atoms. The third kappa shape index (κ3) is 5.06. The number of anilines is 1. The van der Waals surface area contributed by atoms with Crippen molar-refractivity contribution < 1.29 is 13.2 Å². The van der Waals surface area contributed by atoms with Crippen molar-refractivity contribution in [1.82, 2.24) is 9.29 Å².